The summed E-state index contributed by atoms with van der Waals surface area (Å²) in [6.45, 7) is 3.80. The first-order chi connectivity index (χ1) is 9.63. The number of fused-ring (bicyclic) bond motifs is 1. The molecule has 0 amide bonds. The van der Waals surface area contributed by atoms with Crippen molar-refractivity contribution in [2.45, 2.75) is 20.3 Å². The molecule has 0 aliphatic rings. The van der Waals surface area contributed by atoms with Crippen LogP contribution in [-0.4, -0.2) is 15.0 Å². The van der Waals surface area contributed by atoms with Gasteiger partial charge in [-0.15, -0.1) is 0 Å². The lowest BCUT2D eigenvalue weighted by atomic mass is 10.1. The fourth-order valence-corrected chi connectivity index (χ4v) is 2.26. The Kier molecular flexibility index (Phi) is 3.06. The van der Waals surface area contributed by atoms with Crippen molar-refractivity contribution in [1.82, 2.24) is 15.0 Å². The molecule has 0 saturated heterocycles. The summed E-state index contributed by atoms with van der Waals surface area (Å²) in [5.41, 5.74) is 9.76. The van der Waals surface area contributed by atoms with Crippen LogP contribution in [0.2, 0.25) is 0 Å². The van der Waals surface area contributed by atoms with Gasteiger partial charge < -0.3 is 5.73 Å². The van der Waals surface area contributed by atoms with Gasteiger partial charge in [0.15, 0.2) is 0 Å². The Hall–Kier alpha value is -2.49. The Labute approximate surface area is 117 Å². The summed E-state index contributed by atoms with van der Waals surface area (Å²) in [5, 5.41) is 1.14. The summed E-state index contributed by atoms with van der Waals surface area (Å²) in [4.78, 5) is 13.3. The highest BCUT2D eigenvalue weighted by molar-refractivity contribution is 5.78. The molecule has 4 heteroatoms. The molecule has 2 aromatic heterocycles. The Bertz CT molecular complexity index is 781. The zero-order chi connectivity index (χ0) is 14.1. The summed E-state index contributed by atoms with van der Waals surface area (Å²) in [6.07, 6.45) is 0.671. The molecule has 0 spiro atoms. The van der Waals surface area contributed by atoms with Crippen LogP contribution in [0.1, 0.15) is 22.8 Å². The zero-order valence-electron chi connectivity index (χ0n) is 11.6. The maximum atomic E-state index is 5.89. The number of nitrogens with zero attached hydrogens (tertiary/aromatic N) is 3. The van der Waals surface area contributed by atoms with Gasteiger partial charge in [0.25, 0.3) is 0 Å². The number of anilines is 1. The van der Waals surface area contributed by atoms with Crippen molar-refractivity contribution in [3.63, 3.8) is 0 Å². The maximum Gasteiger partial charge on any atom is 0.130 e. The summed E-state index contributed by atoms with van der Waals surface area (Å²) in [6, 6.07) is 12.2. The molecule has 20 heavy (non-hydrogen) atoms. The van der Waals surface area contributed by atoms with Gasteiger partial charge in [-0.2, -0.15) is 0 Å². The van der Waals surface area contributed by atoms with Crippen LogP contribution in [0.5, 0.6) is 0 Å². The third-order valence-corrected chi connectivity index (χ3v) is 3.40. The molecular formula is C16H16N4. The molecule has 3 rings (SSSR count). The number of pyridine rings is 1. The number of rotatable bonds is 2. The van der Waals surface area contributed by atoms with E-state index in [0.717, 1.165) is 27.9 Å². The van der Waals surface area contributed by atoms with Crippen molar-refractivity contribution in [2.24, 2.45) is 0 Å². The Balaban J connectivity index is 2.01. The number of hydrogen-bond donors (Lipinski definition) is 1. The monoisotopic (exact) mass is 264 g/mol. The molecule has 3 aromatic rings. The summed E-state index contributed by atoms with van der Waals surface area (Å²) in [5.74, 6) is 1.25. The third kappa shape index (κ3) is 2.32. The highest BCUT2D eigenvalue weighted by Crippen LogP contribution is 2.17. The number of aromatic nitrogens is 3. The van der Waals surface area contributed by atoms with Crippen LogP contribution >= 0.6 is 0 Å². The Morgan fingerprint density at radius 2 is 1.75 bits per heavy atom. The average molecular weight is 264 g/mol. The van der Waals surface area contributed by atoms with Gasteiger partial charge in [-0.3, -0.25) is 4.98 Å². The average Bonchev–Trinajstić information content (AvgIpc) is 2.44. The highest BCUT2D eigenvalue weighted by atomic mass is 14.9. The van der Waals surface area contributed by atoms with Crippen molar-refractivity contribution in [3.8, 4) is 0 Å². The van der Waals surface area contributed by atoms with Gasteiger partial charge in [-0.25, -0.2) is 9.97 Å². The molecule has 2 N–H and O–H groups in total. The lowest BCUT2D eigenvalue weighted by Crippen LogP contribution is -2.06. The SMILES string of the molecule is Cc1nc(N)c(C)c(Cc2ccc3ccccc3n2)n1. The van der Waals surface area contributed by atoms with E-state index in [0.29, 0.717) is 18.1 Å². The fourth-order valence-electron chi connectivity index (χ4n) is 2.26. The van der Waals surface area contributed by atoms with E-state index in [-0.39, 0.29) is 0 Å². The van der Waals surface area contributed by atoms with E-state index in [1.165, 1.54) is 0 Å². The minimum atomic E-state index is 0.549. The first-order valence-corrected chi connectivity index (χ1v) is 6.58. The Morgan fingerprint density at radius 3 is 2.60 bits per heavy atom. The van der Waals surface area contributed by atoms with Gasteiger partial charge in [0.05, 0.1) is 11.2 Å². The van der Waals surface area contributed by atoms with Crippen LogP contribution in [0.4, 0.5) is 5.82 Å². The van der Waals surface area contributed by atoms with Crippen molar-refractivity contribution in [1.29, 1.82) is 0 Å². The number of nitrogens with two attached hydrogens (primary N) is 1. The topological polar surface area (TPSA) is 64.7 Å². The number of para-hydroxylation sites is 1. The quantitative estimate of drug-likeness (QED) is 0.773. The second kappa shape index (κ2) is 4.89. The maximum absolute atomic E-state index is 5.89. The molecular weight excluding hydrogens is 248 g/mol. The van der Waals surface area contributed by atoms with Crippen molar-refractivity contribution >= 4 is 16.7 Å². The normalized spacial score (nSPS) is 10.9. The lowest BCUT2D eigenvalue weighted by molar-refractivity contribution is 0.935. The molecule has 0 aliphatic heterocycles. The smallest absolute Gasteiger partial charge is 0.130 e. The van der Waals surface area contributed by atoms with Crippen LogP contribution in [0.3, 0.4) is 0 Å². The van der Waals surface area contributed by atoms with Gasteiger partial charge in [-0.1, -0.05) is 24.3 Å². The Morgan fingerprint density at radius 1 is 0.950 bits per heavy atom. The fraction of sp³-hybridized carbons (Fsp3) is 0.188. The molecule has 0 saturated carbocycles. The van der Waals surface area contributed by atoms with Crippen molar-refractivity contribution < 1.29 is 0 Å². The van der Waals surface area contributed by atoms with E-state index < -0.39 is 0 Å². The molecule has 100 valence electrons. The summed E-state index contributed by atoms with van der Waals surface area (Å²) in [7, 11) is 0. The van der Waals surface area contributed by atoms with Crippen LogP contribution in [-0.2, 0) is 6.42 Å². The van der Waals surface area contributed by atoms with E-state index in [4.69, 9.17) is 5.73 Å². The predicted molar refractivity (Wildman–Crippen MR) is 80.5 cm³/mol. The van der Waals surface area contributed by atoms with Crippen LogP contribution in [0.15, 0.2) is 36.4 Å². The van der Waals surface area contributed by atoms with E-state index >= 15 is 0 Å². The molecule has 0 unspecified atom stereocenters. The van der Waals surface area contributed by atoms with Gasteiger partial charge in [0.2, 0.25) is 0 Å². The standard InChI is InChI=1S/C16H16N4/c1-10-15(18-11(2)19-16(10)17)9-13-8-7-12-5-3-4-6-14(12)20-13/h3-8H,9H2,1-2H3,(H2,17,18,19). The molecule has 0 bridgehead atoms. The first kappa shape index (κ1) is 12.5. The second-order valence-electron chi connectivity index (χ2n) is 4.90. The van der Waals surface area contributed by atoms with Crippen LogP contribution < -0.4 is 5.73 Å². The van der Waals surface area contributed by atoms with Gasteiger partial charge >= 0.3 is 0 Å². The lowest BCUT2D eigenvalue weighted by Gasteiger charge is -2.08. The molecule has 2 heterocycles. The van der Waals surface area contributed by atoms with Crippen LogP contribution in [0, 0.1) is 13.8 Å². The molecule has 0 fully saturated rings. The molecule has 0 atom stereocenters. The van der Waals surface area contributed by atoms with Crippen molar-refractivity contribution in [2.75, 3.05) is 5.73 Å². The minimum Gasteiger partial charge on any atom is -0.383 e. The predicted octanol–water partition coefficient (Wildman–Crippen LogP) is 2.81. The van der Waals surface area contributed by atoms with Crippen LogP contribution in [0.25, 0.3) is 10.9 Å². The highest BCUT2D eigenvalue weighted by Gasteiger charge is 2.08. The van der Waals surface area contributed by atoms with E-state index in [1.807, 2.05) is 38.1 Å². The van der Waals surface area contributed by atoms with Crippen molar-refractivity contribution in [3.05, 3.63) is 59.2 Å². The molecule has 4 nitrogen and oxygen atoms in total. The number of aryl methyl sites for hydroxylation is 1. The van der Waals surface area contributed by atoms with E-state index in [2.05, 4.69) is 27.1 Å². The molecule has 1 aromatic carbocycles. The molecule has 0 radical (unpaired) electrons. The third-order valence-electron chi connectivity index (χ3n) is 3.40. The molecule has 0 aliphatic carbocycles. The summed E-state index contributed by atoms with van der Waals surface area (Å²) < 4.78 is 0. The minimum absolute atomic E-state index is 0.549. The van der Waals surface area contributed by atoms with Gasteiger partial charge in [0.1, 0.15) is 11.6 Å². The second-order valence-corrected chi connectivity index (χ2v) is 4.90. The van der Waals surface area contributed by atoms with E-state index in [9.17, 15) is 0 Å². The number of nitrogen functional groups attached to an aromatic ring is 1. The largest absolute Gasteiger partial charge is 0.383 e. The number of benzene rings is 1. The van der Waals surface area contributed by atoms with Gasteiger partial charge in [0, 0.05) is 23.1 Å². The van der Waals surface area contributed by atoms with E-state index in [1.54, 1.807) is 0 Å². The van der Waals surface area contributed by atoms with Gasteiger partial charge in [-0.05, 0) is 26.0 Å². The first-order valence-electron chi connectivity index (χ1n) is 6.58. The zero-order valence-corrected chi connectivity index (χ0v) is 11.6. The number of hydrogen-bond acceptors (Lipinski definition) is 4. The summed E-state index contributed by atoms with van der Waals surface area (Å²) >= 11 is 0.